The minimum absolute atomic E-state index is 0.114. The zero-order chi connectivity index (χ0) is 30.6. The molecule has 2 aliphatic rings. The summed E-state index contributed by atoms with van der Waals surface area (Å²) in [7, 11) is 1.77. The highest BCUT2D eigenvalue weighted by atomic mass is 35.5. The van der Waals surface area contributed by atoms with Gasteiger partial charge in [0.05, 0.1) is 35.4 Å². The SMILES string of the molecule is CCCc1nc(Cn2ncc3c(N4CCN(C(=O)C5CCC(CN(CCOC)C(C)(C)C)CC5)CC4)nc(Cl)nc32)cs1. The number of methoxy groups -OCH3 is 1. The van der Waals surface area contributed by atoms with E-state index < -0.39 is 0 Å². The van der Waals surface area contributed by atoms with E-state index in [1.165, 1.54) is 0 Å². The largest absolute Gasteiger partial charge is 0.383 e. The smallest absolute Gasteiger partial charge is 0.226 e. The standard InChI is InChI=1S/C31H47ClN8O2S/c1-6-7-26-34-24(21-43-26)20-40-28-25(18-33-40)27(35-30(32)36-28)37-12-14-38(15-13-37)29(41)23-10-8-22(9-11-23)19-39(16-17-42-5)31(2,3)4/h18,21-23H,6-17,19-20H2,1-5H3. The van der Waals surface area contributed by atoms with Crippen molar-refractivity contribution in [3.63, 3.8) is 0 Å². The summed E-state index contributed by atoms with van der Waals surface area (Å²) in [4.78, 5) is 34.2. The van der Waals surface area contributed by atoms with Gasteiger partial charge >= 0.3 is 0 Å². The first-order valence-electron chi connectivity index (χ1n) is 15.8. The average molecular weight is 631 g/mol. The summed E-state index contributed by atoms with van der Waals surface area (Å²) in [5.41, 5.74) is 1.80. The van der Waals surface area contributed by atoms with Gasteiger partial charge in [0.25, 0.3) is 0 Å². The molecule has 0 bridgehead atoms. The van der Waals surface area contributed by atoms with E-state index in [0.717, 1.165) is 80.1 Å². The number of piperazine rings is 1. The van der Waals surface area contributed by atoms with E-state index in [1.807, 2.05) is 10.9 Å². The van der Waals surface area contributed by atoms with Gasteiger partial charge in [-0.2, -0.15) is 15.1 Å². The van der Waals surface area contributed by atoms with Crippen LogP contribution < -0.4 is 4.90 Å². The minimum Gasteiger partial charge on any atom is -0.383 e. The number of ether oxygens (including phenoxy) is 1. The number of hydrogen-bond donors (Lipinski definition) is 0. The zero-order valence-corrected chi connectivity index (χ0v) is 28.0. The number of fused-ring (bicyclic) bond motifs is 1. The molecule has 43 heavy (non-hydrogen) atoms. The van der Waals surface area contributed by atoms with E-state index in [2.05, 4.69) is 62.8 Å². The second-order valence-corrected chi connectivity index (χ2v) is 14.3. The lowest BCUT2D eigenvalue weighted by molar-refractivity contribution is -0.137. The van der Waals surface area contributed by atoms with Crippen molar-refractivity contribution in [2.45, 2.75) is 78.3 Å². The van der Waals surface area contributed by atoms with Gasteiger partial charge in [-0.15, -0.1) is 11.3 Å². The van der Waals surface area contributed by atoms with Gasteiger partial charge in [0.2, 0.25) is 11.2 Å². The van der Waals surface area contributed by atoms with Crippen LogP contribution in [-0.4, -0.2) is 99.0 Å². The Morgan fingerprint density at radius 2 is 1.86 bits per heavy atom. The fourth-order valence-electron chi connectivity index (χ4n) is 6.38. The normalized spacial score (nSPS) is 20.0. The number of aromatic nitrogens is 5. The van der Waals surface area contributed by atoms with Gasteiger partial charge in [-0.05, 0) is 76.8 Å². The Bertz CT molecular complexity index is 1360. The fraction of sp³-hybridized carbons (Fsp3) is 0.710. The van der Waals surface area contributed by atoms with Crippen LogP contribution in [0.1, 0.15) is 70.5 Å². The van der Waals surface area contributed by atoms with Crippen molar-refractivity contribution in [1.82, 2.24) is 34.5 Å². The molecule has 3 aromatic rings. The van der Waals surface area contributed by atoms with E-state index in [-0.39, 0.29) is 16.7 Å². The zero-order valence-electron chi connectivity index (χ0n) is 26.4. The number of aryl methyl sites for hydroxylation is 1. The van der Waals surface area contributed by atoms with Crippen LogP contribution in [0.3, 0.4) is 0 Å². The second kappa shape index (κ2) is 14.2. The molecule has 0 atom stereocenters. The van der Waals surface area contributed by atoms with Gasteiger partial charge in [-0.1, -0.05) is 6.92 Å². The number of thiazole rings is 1. The number of hydrogen-bond acceptors (Lipinski definition) is 9. The topological polar surface area (TPSA) is 92.5 Å². The lowest BCUT2D eigenvalue weighted by Gasteiger charge is -2.41. The summed E-state index contributed by atoms with van der Waals surface area (Å²) in [5, 5.41) is 8.94. The molecule has 2 fully saturated rings. The van der Waals surface area contributed by atoms with Crippen molar-refractivity contribution in [2.24, 2.45) is 11.8 Å². The van der Waals surface area contributed by atoms with Gasteiger partial charge in [0, 0.05) is 63.2 Å². The molecule has 1 saturated heterocycles. The molecule has 4 heterocycles. The summed E-state index contributed by atoms with van der Waals surface area (Å²) in [6.45, 7) is 15.1. The Morgan fingerprint density at radius 3 is 2.53 bits per heavy atom. The van der Waals surface area contributed by atoms with Crippen LogP contribution in [0, 0.1) is 11.8 Å². The van der Waals surface area contributed by atoms with Crippen LogP contribution >= 0.6 is 22.9 Å². The molecule has 3 aromatic heterocycles. The third-order valence-corrected chi connectivity index (χ3v) is 10.0. The number of halogens is 1. The quantitative estimate of drug-likeness (QED) is 0.269. The molecular weight excluding hydrogens is 584 g/mol. The lowest BCUT2D eigenvalue weighted by atomic mass is 9.80. The van der Waals surface area contributed by atoms with Crippen LogP contribution in [0.25, 0.3) is 11.0 Å². The Hall–Kier alpha value is -2.34. The summed E-state index contributed by atoms with van der Waals surface area (Å²) < 4.78 is 7.20. The summed E-state index contributed by atoms with van der Waals surface area (Å²) in [5.74, 6) is 1.87. The summed E-state index contributed by atoms with van der Waals surface area (Å²) in [6.07, 6.45) is 8.07. The molecule has 0 radical (unpaired) electrons. The van der Waals surface area contributed by atoms with Crippen molar-refractivity contribution in [2.75, 3.05) is 57.9 Å². The van der Waals surface area contributed by atoms with Crippen LogP contribution in [0.15, 0.2) is 11.6 Å². The van der Waals surface area contributed by atoms with Gasteiger partial charge in [0.1, 0.15) is 5.82 Å². The van der Waals surface area contributed by atoms with Crippen molar-refractivity contribution < 1.29 is 9.53 Å². The number of amides is 1. The van der Waals surface area contributed by atoms with E-state index >= 15 is 0 Å². The van der Waals surface area contributed by atoms with E-state index in [9.17, 15) is 4.79 Å². The second-order valence-electron chi connectivity index (χ2n) is 13.0. The number of nitrogens with zero attached hydrogens (tertiary/aromatic N) is 8. The van der Waals surface area contributed by atoms with Crippen LogP contribution in [0.4, 0.5) is 5.82 Å². The van der Waals surface area contributed by atoms with Crippen molar-refractivity contribution in [3.05, 3.63) is 27.6 Å². The summed E-state index contributed by atoms with van der Waals surface area (Å²) in [6, 6.07) is 0. The molecule has 12 heteroatoms. The molecule has 0 aromatic carbocycles. The molecule has 1 aliphatic carbocycles. The van der Waals surface area contributed by atoms with E-state index in [0.29, 0.717) is 50.2 Å². The molecule has 1 amide bonds. The number of carbonyl (C=O) groups excluding carboxylic acids is 1. The third-order valence-electron chi connectivity index (χ3n) is 8.90. The monoisotopic (exact) mass is 630 g/mol. The molecule has 1 saturated carbocycles. The number of carbonyl (C=O) groups is 1. The number of anilines is 1. The first kappa shape index (κ1) is 32.1. The van der Waals surface area contributed by atoms with Crippen molar-refractivity contribution in [3.8, 4) is 0 Å². The van der Waals surface area contributed by atoms with E-state index in [4.69, 9.17) is 21.3 Å². The molecule has 0 N–H and O–H groups in total. The third kappa shape index (κ3) is 7.85. The lowest BCUT2D eigenvalue weighted by Crippen LogP contribution is -2.51. The first-order chi connectivity index (χ1) is 20.7. The Balaban J connectivity index is 1.16. The predicted molar refractivity (Wildman–Crippen MR) is 173 cm³/mol. The molecular formula is C31H47ClN8O2S. The first-order valence-corrected chi connectivity index (χ1v) is 17.0. The average Bonchev–Trinajstić information content (AvgIpc) is 3.61. The van der Waals surface area contributed by atoms with E-state index in [1.54, 1.807) is 18.4 Å². The van der Waals surface area contributed by atoms with Crippen LogP contribution in [-0.2, 0) is 22.5 Å². The highest BCUT2D eigenvalue weighted by Crippen LogP contribution is 2.33. The minimum atomic E-state index is 0.114. The highest BCUT2D eigenvalue weighted by molar-refractivity contribution is 7.09. The van der Waals surface area contributed by atoms with Gasteiger partial charge < -0.3 is 14.5 Å². The Labute approximate surface area is 264 Å². The van der Waals surface area contributed by atoms with Crippen molar-refractivity contribution in [1.29, 1.82) is 0 Å². The molecule has 236 valence electrons. The summed E-state index contributed by atoms with van der Waals surface area (Å²) >= 11 is 8.11. The highest BCUT2D eigenvalue weighted by Gasteiger charge is 2.33. The Kier molecular flexibility index (Phi) is 10.6. The molecule has 5 rings (SSSR count). The van der Waals surface area contributed by atoms with Crippen molar-refractivity contribution >= 4 is 45.7 Å². The maximum atomic E-state index is 13.5. The van der Waals surface area contributed by atoms with Crippen LogP contribution in [0.2, 0.25) is 5.28 Å². The fourth-order valence-corrected chi connectivity index (χ4v) is 7.43. The Morgan fingerprint density at radius 1 is 1.12 bits per heavy atom. The molecule has 0 unspecified atom stereocenters. The molecule has 0 spiro atoms. The van der Waals surface area contributed by atoms with Gasteiger partial charge in [-0.3, -0.25) is 9.69 Å². The van der Waals surface area contributed by atoms with Gasteiger partial charge in [-0.25, -0.2) is 9.67 Å². The van der Waals surface area contributed by atoms with Crippen LogP contribution in [0.5, 0.6) is 0 Å². The maximum absolute atomic E-state index is 13.5. The van der Waals surface area contributed by atoms with Gasteiger partial charge in [0.15, 0.2) is 5.65 Å². The maximum Gasteiger partial charge on any atom is 0.226 e. The predicted octanol–water partition coefficient (Wildman–Crippen LogP) is 5.14. The number of rotatable bonds is 11. The molecule has 10 nitrogen and oxygen atoms in total. The molecule has 1 aliphatic heterocycles.